The van der Waals surface area contributed by atoms with Crippen LogP contribution in [0.1, 0.15) is 38.2 Å². The van der Waals surface area contributed by atoms with Crippen LogP contribution in [0.25, 0.3) is 0 Å². The quantitative estimate of drug-likeness (QED) is 0.496. The second kappa shape index (κ2) is 10.4. The van der Waals surface area contributed by atoms with E-state index in [0.717, 1.165) is 0 Å². The monoisotopic (exact) mass is 541 g/mol. The first-order valence-electron chi connectivity index (χ1n) is 11.4. The van der Waals surface area contributed by atoms with Gasteiger partial charge in [-0.05, 0) is 41.3 Å². The zero-order valence-corrected chi connectivity index (χ0v) is 22.0. The molecule has 0 saturated carbocycles. The molecule has 10 heteroatoms. The predicted molar refractivity (Wildman–Crippen MR) is 139 cm³/mol. The number of nitriles is 1. The molecule has 8 nitrogen and oxygen atoms in total. The van der Waals surface area contributed by atoms with Gasteiger partial charge in [-0.2, -0.15) is 5.26 Å². The molecule has 2 aliphatic rings. The summed E-state index contributed by atoms with van der Waals surface area (Å²) in [6, 6.07) is 11.8. The van der Waals surface area contributed by atoms with E-state index in [2.05, 4.69) is 11.4 Å². The Morgan fingerprint density at radius 1 is 1.19 bits per heavy atom. The van der Waals surface area contributed by atoms with Crippen LogP contribution in [-0.2, 0) is 14.3 Å². The molecule has 0 saturated heterocycles. The second-order valence-electron chi connectivity index (χ2n) is 9.58. The summed E-state index contributed by atoms with van der Waals surface area (Å²) in [6.45, 7) is 3.67. The van der Waals surface area contributed by atoms with Gasteiger partial charge in [0.1, 0.15) is 17.4 Å². The molecule has 3 N–H and O–H groups in total. The van der Waals surface area contributed by atoms with Crippen LogP contribution in [0.4, 0.5) is 5.69 Å². The lowest BCUT2D eigenvalue weighted by Gasteiger charge is -2.37. The number of rotatable bonds is 6. The lowest BCUT2D eigenvalue weighted by molar-refractivity contribution is -0.119. The van der Waals surface area contributed by atoms with Gasteiger partial charge in [-0.1, -0.05) is 43.1 Å². The molecule has 0 fully saturated rings. The smallest absolute Gasteiger partial charge is 0.262 e. The molecule has 1 aliphatic heterocycles. The number of nitrogens with one attached hydrogen (secondary N) is 1. The number of ketones is 1. The lowest BCUT2D eigenvalue weighted by atomic mass is 9.70. The molecular formula is C27H25Cl2N3O5. The number of carbonyl (C=O) groups is 2. The van der Waals surface area contributed by atoms with Crippen LogP contribution in [0.5, 0.6) is 11.5 Å². The summed E-state index contributed by atoms with van der Waals surface area (Å²) in [5.74, 6) is -0.0954. The molecular weight excluding hydrogens is 517 g/mol. The molecule has 0 aromatic heterocycles. The highest BCUT2D eigenvalue weighted by Gasteiger charge is 2.43. The average molecular weight is 542 g/mol. The maximum atomic E-state index is 13.2. The number of benzene rings is 2. The van der Waals surface area contributed by atoms with E-state index in [1.807, 2.05) is 13.8 Å². The van der Waals surface area contributed by atoms with Crippen LogP contribution in [0.2, 0.25) is 10.0 Å². The first kappa shape index (κ1) is 26.4. The fourth-order valence-electron chi connectivity index (χ4n) is 4.52. The number of ether oxygens (including phenoxy) is 3. The van der Waals surface area contributed by atoms with Crippen LogP contribution >= 0.6 is 23.2 Å². The summed E-state index contributed by atoms with van der Waals surface area (Å²) in [4.78, 5) is 25.6. The third-order valence-corrected chi connectivity index (χ3v) is 6.90. The summed E-state index contributed by atoms with van der Waals surface area (Å²) in [7, 11) is 1.46. The van der Waals surface area contributed by atoms with Gasteiger partial charge in [-0.15, -0.1) is 0 Å². The maximum absolute atomic E-state index is 13.2. The van der Waals surface area contributed by atoms with Crippen molar-refractivity contribution in [3.63, 3.8) is 0 Å². The van der Waals surface area contributed by atoms with Gasteiger partial charge in [0.25, 0.3) is 5.91 Å². The van der Waals surface area contributed by atoms with E-state index in [9.17, 15) is 14.9 Å². The minimum atomic E-state index is -0.696. The number of nitrogens with zero attached hydrogens (tertiary/aromatic N) is 1. The molecule has 2 aromatic carbocycles. The lowest BCUT2D eigenvalue weighted by Crippen LogP contribution is -2.33. The molecule has 0 radical (unpaired) electrons. The van der Waals surface area contributed by atoms with Gasteiger partial charge in [-0.25, -0.2) is 0 Å². The molecule has 1 unspecified atom stereocenters. The van der Waals surface area contributed by atoms with E-state index in [1.165, 1.54) is 13.2 Å². The zero-order valence-electron chi connectivity index (χ0n) is 20.5. The summed E-state index contributed by atoms with van der Waals surface area (Å²) < 4.78 is 16.9. The van der Waals surface area contributed by atoms with Crippen molar-refractivity contribution in [2.24, 2.45) is 11.1 Å². The van der Waals surface area contributed by atoms with Crippen LogP contribution in [0.3, 0.4) is 0 Å². The third kappa shape index (κ3) is 5.53. The van der Waals surface area contributed by atoms with Crippen LogP contribution < -0.4 is 20.5 Å². The third-order valence-electron chi connectivity index (χ3n) is 6.16. The van der Waals surface area contributed by atoms with E-state index in [4.69, 9.17) is 43.1 Å². The highest BCUT2D eigenvalue weighted by Crippen LogP contribution is 2.48. The number of anilines is 1. The Bertz CT molecular complexity index is 1390. The van der Waals surface area contributed by atoms with Gasteiger partial charge >= 0.3 is 0 Å². The van der Waals surface area contributed by atoms with E-state index in [0.29, 0.717) is 57.0 Å². The average Bonchev–Trinajstić information content (AvgIpc) is 2.83. The van der Waals surface area contributed by atoms with Crippen molar-refractivity contribution in [1.82, 2.24) is 0 Å². The minimum absolute atomic E-state index is 0.0185. The van der Waals surface area contributed by atoms with Gasteiger partial charge in [0, 0.05) is 24.1 Å². The zero-order chi connectivity index (χ0) is 26.9. The number of amides is 1. The van der Waals surface area contributed by atoms with Crippen LogP contribution in [0.15, 0.2) is 59.2 Å². The van der Waals surface area contributed by atoms with E-state index < -0.39 is 11.8 Å². The second-order valence-corrected chi connectivity index (χ2v) is 10.4. The predicted octanol–water partition coefficient (Wildman–Crippen LogP) is 5.47. The Kier molecular flexibility index (Phi) is 7.39. The Labute approximate surface area is 224 Å². The first-order chi connectivity index (χ1) is 17.5. The maximum Gasteiger partial charge on any atom is 0.262 e. The van der Waals surface area contributed by atoms with Gasteiger partial charge < -0.3 is 25.3 Å². The Balaban J connectivity index is 1.58. The molecule has 37 heavy (non-hydrogen) atoms. The number of allylic oxidation sites excluding steroid dienone is 3. The molecule has 1 aliphatic carbocycles. The molecule has 0 spiro atoms. The minimum Gasteiger partial charge on any atom is -0.493 e. The molecule has 1 atom stereocenters. The normalized spacial score (nSPS) is 18.5. The molecule has 1 amide bonds. The van der Waals surface area contributed by atoms with Gasteiger partial charge in [0.2, 0.25) is 5.88 Å². The van der Waals surface area contributed by atoms with Crippen molar-refractivity contribution >= 4 is 40.6 Å². The van der Waals surface area contributed by atoms with Gasteiger partial charge in [0.05, 0.1) is 23.1 Å². The standard InChI is InChI=1S/C27H25Cl2N3O5/c1-27(2)10-19(33)25-22(11-27)37-26(31)16(12-30)24(25)14-4-7-20(21(8-14)35-3)36-13-23(34)32-15-5-6-17(28)18(29)9-15/h4-9,24H,10-11,13,31H2,1-3H3,(H,32,34). The van der Waals surface area contributed by atoms with E-state index in [-0.39, 0.29) is 29.3 Å². The number of methoxy groups -OCH3 is 1. The van der Waals surface area contributed by atoms with Crippen molar-refractivity contribution in [3.05, 3.63) is 74.8 Å². The van der Waals surface area contributed by atoms with Gasteiger partial charge in [-0.3, -0.25) is 9.59 Å². The number of Topliss-reactive ketones (excluding diaryl/α,β-unsaturated/α-hetero) is 1. The van der Waals surface area contributed by atoms with Crippen LogP contribution in [0, 0.1) is 16.7 Å². The Morgan fingerprint density at radius 2 is 1.95 bits per heavy atom. The number of hydrogen-bond acceptors (Lipinski definition) is 7. The highest BCUT2D eigenvalue weighted by molar-refractivity contribution is 6.42. The van der Waals surface area contributed by atoms with Crippen molar-refractivity contribution < 1.29 is 23.8 Å². The van der Waals surface area contributed by atoms with Gasteiger partial charge in [0.15, 0.2) is 23.9 Å². The first-order valence-corrected chi connectivity index (χ1v) is 12.2. The molecule has 2 aromatic rings. The highest BCUT2D eigenvalue weighted by atomic mass is 35.5. The summed E-state index contributed by atoms with van der Waals surface area (Å²) >= 11 is 11.9. The van der Waals surface area contributed by atoms with E-state index >= 15 is 0 Å². The van der Waals surface area contributed by atoms with Crippen molar-refractivity contribution in [2.75, 3.05) is 19.0 Å². The number of halogens is 2. The summed E-state index contributed by atoms with van der Waals surface area (Å²) in [6.07, 6.45) is 0.854. The number of hydrogen-bond donors (Lipinski definition) is 2. The SMILES string of the molecule is COc1cc(C2C(C#N)=C(N)OC3=C2C(=O)CC(C)(C)C3)ccc1OCC(=O)Nc1ccc(Cl)c(Cl)c1. The van der Waals surface area contributed by atoms with E-state index in [1.54, 1.807) is 30.3 Å². The Morgan fingerprint density at radius 3 is 2.62 bits per heavy atom. The van der Waals surface area contributed by atoms with Crippen LogP contribution in [-0.4, -0.2) is 25.4 Å². The molecule has 4 rings (SSSR count). The number of nitrogens with two attached hydrogens (primary N) is 1. The van der Waals surface area contributed by atoms with Crippen molar-refractivity contribution in [3.8, 4) is 17.6 Å². The topological polar surface area (TPSA) is 124 Å². The fourth-order valence-corrected chi connectivity index (χ4v) is 4.81. The summed E-state index contributed by atoms with van der Waals surface area (Å²) in [5, 5.41) is 13.2. The molecule has 192 valence electrons. The summed E-state index contributed by atoms with van der Waals surface area (Å²) in [5.41, 5.74) is 7.50. The van der Waals surface area contributed by atoms with Crippen molar-refractivity contribution in [2.45, 2.75) is 32.6 Å². The Hall–Kier alpha value is -3.67. The molecule has 1 heterocycles. The fraction of sp³-hybridized carbons (Fsp3) is 0.296. The van der Waals surface area contributed by atoms with Crippen molar-refractivity contribution in [1.29, 1.82) is 5.26 Å². The molecule has 0 bridgehead atoms. The largest absolute Gasteiger partial charge is 0.493 e. The number of carbonyl (C=O) groups excluding carboxylic acids is 2.